The Morgan fingerprint density at radius 1 is 1.14 bits per heavy atom. The summed E-state index contributed by atoms with van der Waals surface area (Å²) in [5.41, 5.74) is 0.319. The fourth-order valence-electron chi connectivity index (χ4n) is 2.02. The molecular weight excluding hydrogens is 272 g/mol. The van der Waals surface area contributed by atoms with Crippen LogP contribution in [0.25, 0.3) is 10.8 Å². The second-order valence-corrected chi connectivity index (χ2v) is 4.36. The summed E-state index contributed by atoms with van der Waals surface area (Å²) < 4.78 is 0. The van der Waals surface area contributed by atoms with Crippen molar-refractivity contribution >= 4 is 28.3 Å². The van der Waals surface area contributed by atoms with Crippen LogP contribution in [-0.2, 0) is 0 Å². The summed E-state index contributed by atoms with van der Waals surface area (Å²) in [5, 5.41) is 23.0. The Hall–Kier alpha value is -3.22. The van der Waals surface area contributed by atoms with E-state index in [0.29, 0.717) is 0 Å². The molecule has 0 aliphatic carbocycles. The molecule has 7 heteroatoms. The number of hydrogen-bond acceptors (Lipinski definition) is 4. The number of hydrogen-bond donors (Lipinski definition) is 3. The Balaban J connectivity index is 2.05. The van der Waals surface area contributed by atoms with E-state index in [0.717, 1.165) is 10.8 Å². The van der Waals surface area contributed by atoms with Gasteiger partial charge >= 0.3 is 5.97 Å². The largest absolute Gasteiger partial charge is 0.478 e. The monoisotopic (exact) mass is 282 g/mol. The molecule has 1 amide bonds. The second kappa shape index (κ2) is 5.04. The quantitative estimate of drug-likeness (QED) is 0.680. The number of aromatic carboxylic acids is 1. The summed E-state index contributed by atoms with van der Waals surface area (Å²) in [5.74, 6) is -1.64. The lowest BCUT2D eigenvalue weighted by Gasteiger charge is -2.09. The first kappa shape index (κ1) is 12.8. The van der Waals surface area contributed by atoms with Gasteiger partial charge in [-0.15, -0.1) is 0 Å². The molecule has 21 heavy (non-hydrogen) atoms. The number of nitrogens with one attached hydrogen (secondary N) is 2. The maximum Gasteiger partial charge on any atom is 0.337 e. The maximum atomic E-state index is 12.0. The fraction of sp³-hybridized carbons (Fsp3) is 0. The van der Waals surface area contributed by atoms with Crippen LogP contribution in [0.4, 0.5) is 5.69 Å². The summed E-state index contributed by atoms with van der Waals surface area (Å²) in [7, 11) is 0. The predicted molar refractivity (Wildman–Crippen MR) is 75.2 cm³/mol. The minimum absolute atomic E-state index is 0.0190. The van der Waals surface area contributed by atoms with Gasteiger partial charge in [0.15, 0.2) is 5.69 Å². The molecule has 0 fully saturated rings. The highest BCUT2D eigenvalue weighted by atomic mass is 16.4. The Bertz CT molecular complexity index is 827. The van der Waals surface area contributed by atoms with Gasteiger partial charge in [0.1, 0.15) is 0 Å². The molecular formula is C14H10N4O3. The zero-order valence-electron chi connectivity index (χ0n) is 10.7. The Labute approximate surface area is 118 Å². The molecule has 0 bridgehead atoms. The summed E-state index contributed by atoms with van der Waals surface area (Å²) >= 11 is 0. The highest BCUT2D eigenvalue weighted by Gasteiger charge is 2.16. The number of aromatic nitrogens is 3. The van der Waals surface area contributed by atoms with E-state index < -0.39 is 11.9 Å². The number of carboxylic acid groups (broad SMARTS) is 1. The third kappa shape index (κ3) is 2.44. The second-order valence-electron chi connectivity index (χ2n) is 4.36. The number of carboxylic acids is 1. The number of aromatic amines is 1. The van der Waals surface area contributed by atoms with Crippen molar-refractivity contribution in [3.8, 4) is 0 Å². The number of carbonyl (C=O) groups excluding carboxylic acids is 1. The van der Waals surface area contributed by atoms with E-state index in [1.165, 1.54) is 12.3 Å². The molecule has 1 heterocycles. The van der Waals surface area contributed by atoms with Crippen LogP contribution in [0.2, 0.25) is 0 Å². The molecule has 3 rings (SSSR count). The smallest absolute Gasteiger partial charge is 0.337 e. The highest BCUT2D eigenvalue weighted by molar-refractivity contribution is 6.09. The van der Waals surface area contributed by atoms with Crippen LogP contribution in [0.5, 0.6) is 0 Å². The molecule has 0 spiro atoms. The molecule has 7 nitrogen and oxygen atoms in total. The fourth-order valence-corrected chi connectivity index (χ4v) is 2.02. The van der Waals surface area contributed by atoms with E-state index in [1.54, 1.807) is 6.07 Å². The van der Waals surface area contributed by atoms with Crippen LogP contribution in [-0.4, -0.2) is 32.4 Å². The third-order valence-corrected chi connectivity index (χ3v) is 3.01. The molecule has 0 radical (unpaired) electrons. The van der Waals surface area contributed by atoms with Gasteiger partial charge in [-0.2, -0.15) is 15.4 Å². The van der Waals surface area contributed by atoms with Gasteiger partial charge in [0.05, 0.1) is 17.4 Å². The van der Waals surface area contributed by atoms with Gasteiger partial charge in [0.25, 0.3) is 5.91 Å². The molecule has 2 aromatic carbocycles. The van der Waals surface area contributed by atoms with Crippen molar-refractivity contribution in [2.24, 2.45) is 0 Å². The molecule has 0 aliphatic heterocycles. The number of nitrogens with zero attached hydrogens (tertiary/aromatic N) is 2. The molecule has 104 valence electrons. The van der Waals surface area contributed by atoms with E-state index in [9.17, 15) is 14.7 Å². The minimum atomic E-state index is -1.11. The predicted octanol–water partition coefficient (Wildman–Crippen LogP) is 1.91. The molecule has 0 atom stereocenters. The summed E-state index contributed by atoms with van der Waals surface area (Å²) in [4.78, 5) is 23.3. The van der Waals surface area contributed by atoms with Crippen molar-refractivity contribution in [3.63, 3.8) is 0 Å². The van der Waals surface area contributed by atoms with E-state index in [4.69, 9.17) is 0 Å². The molecule has 0 saturated heterocycles. The van der Waals surface area contributed by atoms with Crippen LogP contribution in [0, 0.1) is 0 Å². The van der Waals surface area contributed by atoms with E-state index in [1.807, 2.05) is 24.3 Å². The first-order chi connectivity index (χ1) is 10.1. The van der Waals surface area contributed by atoms with E-state index >= 15 is 0 Å². The summed E-state index contributed by atoms with van der Waals surface area (Å²) in [6.45, 7) is 0. The van der Waals surface area contributed by atoms with Gasteiger partial charge in [0, 0.05) is 0 Å². The number of benzene rings is 2. The Kier molecular flexibility index (Phi) is 3.07. The first-order valence-corrected chi connectivity index (χ1v) is 6.08. The van der Waals surface area contributed by atoms with Crippen LogP contribution >= 0.6 is 0 Å². The van der Waals surface area contributed by atoms with Gasteiger partial charge in [-0.25, -0.2) is 4.79 Å². The molecule has 0 unspecified atom stereocenters. The van der Waals surface area contributed by atoms with Crippen LogP contribution < -0.4 is 5.32 Å². The standard InChI is InChI=1S/C14H10N4O3/c19-13(12-7-15-18-17-12)16-11-6-9-4-2-1-3-8(9)5-10(11)14(20)21/h1-7H,(H,16,19)(H,20,21)(H,15,17,18). The topological polar surface area (TPSA) is 108 Å². The lowest BCUT2D eigenvalue weighted by atomic mass is 10.0. The van der Waals surface area contributed by atoms with Crippen molar-refractivity contribution in [1.29, 1.82) is 0 Å². The Morgan fingerprint density at radius 2 is 1.86 bits per heavy atom. The van der Waals surface area contributed by atoms with Crippen molar-refractivity contribution < 1.29 is 14.7 Å². The summed E-state index contributed by atoms with van der Waals surface area (Å²) in [6, 6.07) is 10.5. The molecule has 3 aromatic rings. The van der Waals surface area contributed by atoms with Crippen molar-refractivity contribution in [1.82, 2.24) is 15.4 Å². The van der Waals surface area contributed by atoms with Gasteiger partial charge < -0.3 is 10.4 Å². The van der Waals surface area contributed by atoms with Crippen LogP contribution in [0.1, 0.15) is 20.8 Å². The number of amides is 1. The SMILES string of the molecule is O=C(Nc1cc2ccccc2cc1C(=O)O)c1cn[nH]n1. The number of carbonyl (C=O) groups is 2. The van der Waals surface area contributed by atoms with E-state index in [-0.39, 0.29) is 16.9 Å². The van der Waals surface area contributed by atoms with Gasteiger partial charge in [-0.3, -0.25) is 4.79 Å². The third-order valence-electron chi connectivity index (χ3n) is 3.01. The maximum absolute atomic E-state index is 12.0. The molecule has 3 N–H and O–H groups in total. The van der Waals surface area contributed by atoms with Crippen LogP contribution in [0.3, 0.4) is 0 Å². The van der Waals surface area contributed by atoms with Crippen molar-refractivity contribution in [3.05, 3.63) is 53.9 Å². The minimum Gasteiger partial charge on any atom is -0.478 e. The van der Waals surface area contributed by atoms with Gasteiger partial charge in [-0.1, -0.05) is 24.3 Å². The molecule has 0 saturated carbocycles. The van der Waals surface area contributed by atoms with E-state index in [2.05, 4.69) is 20.7 Å². The lowest BCUT2D eigenvalue weighted by Crippen LogP contribution is -2.15. The number of anilines is 1. The molecule has 1 aromatic heterocycles. The zero-order chi connectivity index (χ0) is 14.8. The van der Waals surface area contributed by atoms with Gasteiger partial charge in [0.2, 0.25) is 0 Å². The normalized spacial score (nSPS) is 10.5. The zero-order valence-corrected chi connectivity index (χ0v) is 10.7. The number of rotatable bonds is 3. The highest BCUT2D eigenvalue weighted by Crippen LogP contribution is 2.24. The van der Waals surface area contributed by atoms with Gasteiger partial charge in [-0.05, 0) is 22.9 Å². The Morgan fingerprint density at radius 3 is 2.48 bits per heavy atom. The lowest BCUT2D eigenvalue weighted by molar-refractivity contribution is 0.0698. The average Bonchev–Trinajstić information content (AvgIpc) is 3.00. The average molecular weight is 282 g/mol. The number of H-pyrrole nitrogens is 1. The van der Waals surface area contributed by atoms with Crippen molar-refractivity contribution in [2.75, 3.05) is 5.32 Å². The molecule has 0 aliphatic rings. The van der Waals surface area contributed by atoms with Crippen LogP contribution in [0.15, 0.2) is 42.6 Å². The summed E-state index contributed by atoms with van der Waals surface area (Å²) in [6.07, 6.45) is 1.26. The number of fused-ring (bicyclic) bond motifs is 1. The van der Waals surface area contributed by atoms with Crippen molar-refractivity contribution in [2.45, 2.75) is 0 Å². The first-order valence-electron chi connectivity index (χ1n) is 6.08.